The quantitative estimate of drug-likeness (QED) is 0.613. The fourth-order valence-corrected chi connectivity index (χ4v) is 1.22. The third-order valence-corrected chi connectivity index (χ3v) is 1.95. The van der Waals surface area contributed by atoms with Crippen molar-refractivity contribution in [2.75, 3.05) is 33.4 Å². The van der Waals surface area contributed by atoms with Gasteiger partial charge >= 0.3 is 0 Å². The third kappa shape index (κ3) is 5.19. The molecule has 4 heteroatoms. The van der Waals surface area contributed by atoms with Crippen LogP contribution in [0.15, 0.2) is 0 Å². The molecule has 0 saturated heterocycles. The second kappa shape index (κ2) is 7.76. The summed E-state index contributed by atoms with van der Waals surface area (Å²) < 4.78 is 4.91. The molecule has 0 aliphatic heterocycles. The van der Waals surface area contributed by atoms with Crippen LogP contribution < -0.4 is 0 Å². The lowest BCUT2D eigenvalue weighted by Crippen LogP contribution is -2.37. The Labute approximate surface area is 85.9 Å². The summed E-state index contributed by atoms with van der Waals surface area (Å²) in [5, 5.41) is 8.80. The molecule has 84 valence electrons. The van der Waals surface area contributed by atoms with Gasteiger partial charge in [-0.3, -0.25) is 4.79 Å². The molecule has 0 unspecified atom stereocenters. The van der Waals surface area contributed by atoms with E-state index in [1.807, 2.05) is 13.8 Å². The lowest BCUT2D eigenvalue weighted by atomic mass is 10.2. The Hall–Kier alpha value is -0.610. The van der Waals surface area contributed by atoms with Gasteiger partial charge in [-0.15, -0.1) is 0 Å². The van der Waals surface area contributed by atoms with Crippen LogP contribution in [0.1, 0.15) is 20.3 Å². The number of hydrogen-bond acceptors (Lipinski definition) is 3. The summed E-state index contributed by atoms with van der Waals surface area (Å²) in [6.07, 6.45) is 0.814. The maximum absolute atomic E-state index is 11.6. The van der Waals surface area contributed by atoms with Crippen LogP contribution in [0.5, 0.6) is 0 Å². The normalized spacial score (nSPS) is 10.6. The summed E-state index contributed by atoms with van der Waals surface area (Å²) in [4.78, 5) is 13.3. The van der Waals surface area contributed by atoms with Gasteiger partial charge in [0.2, 0.25) is 5.91 Å². The van der Waals surface area contributed by atoms with Crippen LogP contribution in [0.2, 0.25) is 0 Å². The zero-order chi connectivity index (χ0) is 11.0. The Balaban J connectivity index is 3.94. The van der Waals surface area contributed by atoms with Crippen molar-refractivity contribution in [1.29, 1.82) is 0 Å². The molecule has 0 bridgehead atoms. The second-order valence-electron chi connectivity index (χ2n) is 3.55. The van der Waals surface area contributed by atoms with Crippen LogP contribution >= 0.6 is 0 Å². The molecule has 0 rings (SSSR count). The van der Waals surface area contributed by atoms with E-state index in [0.717, 1.165) is 6.42 Å². The number of aliphatic hydroxyl groups excluding tert-OH is 1. The molecule has 0 fully saturated rings. The predicted octanol–water partition coefficient (Wildman–Crippen LogP) is 0.500. The van der Waals surface area contributed by atoms with Crippen molar-refractivity contribution in [3.8, 4) is 0 Å². The molecule has 0 radical (unpaired) electrons. The van der Waals surface area contributed by atoms with Crippen molar-refractivity contribution >= 4 is 5.91 Å². The van der Waals surface area contributed by atoms with Gasteiger partial charge in [-0.05, 0) is 6.42 Å². The number of hydrogen-bond donors (Lipinski definition) is 1. The van der Waals surface area contributed by atoms with E-state index in [4.69, 9.17) is 9.84 Å². The van der Waals surface area contributed by atoms with E-state index in [1.165, 1.54) is 0 Å². The van der Waals surface area contributed by atoms with Crippen LogP contribution in [0.25, 0.3) is 0 Å². The van der Waals surface area contributed by atoms with Crippen LogP contribution in [0, 0.1) is 5.92 Å². The number of aliphatic hydroxyl groups is 1. The molecule has 1 N–H and O–H groups in total. The summed E-state index contributed by atoms with van der Waals surface area (Å²) in [5.41, 5.74) is 0. The monoisotopic (exact) mass is 203 g/mol. The zero-order valence-corrected chi connectivity index (χ0v) is 9.32. The molecule has 0 atom stereocenters. The molecule has 0 saturated carbocycles. The molecule has 0 aromatic heterocycles. The molecule has 0 heterocycles. The number of amides is 1. The first-order valence-corrected chi connectivity index (χ1v) is 5.02. The Morgan fingerprint density at radius 2 is 2.07 bits per heavy atom. The van der Waals surface area contributed by atoms with Gasteiger partial charge in [0.05, 0.1) is 6.61 Å². The average molecular weight is 203 g/mol. The van der Waals surface area contributed by atoms with Gasteiger partial charge < -0.3 is 14.7 Å². The van der Waals surface area contributed by atoms with E-state index in [1.54, 1.807) is 12.0 Å². The summed E-state index contributed by atoms with van der Waals surface area (Å²) in [7, 11) is 1.64. The topological polar surface area (TPSA) is 49.8 Å². The minimum Gasteiger partial charge on any atom is -0.395 e. The third-order valence-electron chi connectivity index (χ3n) is 1.95. The average Bonchev–Trinajstić information content (AvgIpc) is 2.15. The van der Waals surface area contributed by atoms with Crippen LogP contribution in [0.4, 0.5) is 0 Å². The van der Waals surface area contributed by atoms with Crippen molar-refractivity contribution in [3.63, 3.8) is 0 Å². The van der Waals surface area contributed by atoms with Crippen molar-refractivity contribution in [2.24, 2.45) is 5.92 Å². The van der Waals surface area contributed by atoms with E-state index in [2.05, 4.69) is 0 Å². The van der Waals surface area contributed by atoms with Gasteiger partial charge in [-0.1, -0.05) is 13.8 Å². The fraction of sp³-hybridized carbons (Fsp3) is 0.900. The first-order valence-electron chi connectivity index (χ1n) is 5.02. The van der Waals surface area contributed by atoms with Crippen molar-refractivity contribution in [3.05, 3.63) is 0 Å². The first kappa shape index (κ1) is 13.4. The minimum atomic E-state index is -0.0101. The smallest absolute Gasteiger partial charge is 0.225 e. The summed E-state index contributed by atoms with van der Waals surface area (Å²) in [5.74, 6) is 0.0826. The van der Waals surface area contributed by atoms with Crippen LogP contribution in [-0.4, -0.2) is 49.3 Å². The molecule has 0 aliphatic carbocycles. The second-order valence-corrected chi connectivity index (χ2v) is 3.55. The minimum absolute atomic E-state index is 0.0101. The number of methoxy groups -OCH3 is 1. The Morgan fingerprint density at radius 3 is 2.50 bits per heavy atom. The van der Waals surface area contributed by atoms with Gasteiger partial charge in [0.25, 0.3) is 0 Å². The van der Waals surface area contributed by atoms with E-state index in [0.29, 0.717) is 19.7 Å². The molecular weight excluding hydrogens is 182 g/mol. The molecular formula is C10H21NO3. The maximum atomic E-state index is 11.6. The van der Waals surface area contributed by atoms with Gasteiger partial charge in [0.1, 0.15) is 0 Å². The summed E-state index contributed by atoms with van der Waals surface area (Å²) >= 11 is 0. The van der Waals surface area contributed by atoms with E-state index in [9.17, 15) is 4.79 Å². The molecule has 0 spiro atoms. The predicted molar refractivity (Wildman–Crippen MR) is 55.0 cm³/mol. The molecule has 0 aromatic carbocycles. The molecule has 14 heavy (non-hydrogen) atoms. The van der Waals surface area contributed by atoms with Gasteiger partial charge in [-0.2, -0.15) is 0 Å². The first-order chi connectivity index (χ1) is 6.63. The van der Waals surface area contributed by atoms with E-state index in [-0.39, 0.29) is 18.4 Å². The standard InChI is InChI=1S/C10H21NO3/c1-9(2)10(13)11(6-7-12)5-4-8-14-3/h9,12H,4-8H2,1-3H3. The van der Waals surface area contributed by atoms with Crippen molar-refractivity contribution in [1.82, 2.24) is 4.90 Å². The number of ether oxygens (including phenoxy) is 1. The molecule has 1 amide bonds. The SMILES string of the molecule is COCCCN(CCO)C(=O)C(C)C. The highest BCUT2D eigenvalue weighted by molar-refractivity contribution is 5.78. The molecule has 4 nitrogen and oxygen atoms in total. The fourth-order valence-electron chi connectivity index (χ4n) is 1.22. The number of rotatable bonds is 7. The number of carbonyl (C=O) groups is 1. The summed E-state index contributed by atoms with van der Waals surface area (Å²) in [6.45, 7) is 5.47. The highest BCUT2D eigenvalue weighted by Gasteiger charge is 2.15. The van der Waals surface area contributed by atoms with Gasteiger partial charge in [-0.25, -0.2) is 0 Å². The highest BCUT2D eigenvalue weighted by Crippen LogP contribution is 2.02. The molecule has 0 aliphatic rings. The summed E-state index contributed by atoms with van der Waals surface area (Å²) in [6, 6.07) is 0. The Morgan fingerprint density at radius 1 is 1.43 bits per heavy atom. The van der Waals surface area contributed by atoms with Gasteiger partial charge in [0, 0.05) is 32.7 Å². The maximum Gasteiger partial charge on any atom is 0.225 e. The van der Waals surface area contributed by atoms with Crippen molar-refractivity contribution < 1.29 is 14.6 Å². The van der Waals surface area contributed by atoms with E-state index >= 15 is 0 Å². The Bertz CT molecular complexity index is 159. The lowest BCUT2D eigenvalue weighted by Gasteiger charge is -2.23. The van der Waals surface area contributed by atoms with Crippen LogP contribution in [-0.2, 0) is 9.53 Å². The highest BCUT2D eigenvalue weighted by atomic mass is 16.5. The number of nitrogens with zero attached hydrogens (tertiary/aromatic N) is 1. The van der Waals surface area contributed by atoms with Gasteiger partial charge in [0.15, 0.2) is 0 Å². The largest absolute Gasteiger partial charge is 0.395 e. The zero-order valence-electron chi connectivity index (χ0n) is 9.32. The van der Waals surface area contributed by atoms with Crippen molar-refractivity contribution in [2.45, 2.75) is 20.3 Å². The van der Waals surface area contributed by atoms with Crippen LogP contribution in [0.3, 0.4) is 0 Å². The Kier molecular flexibility index (Phi) is 7.42. The number of carbonyl (C=O) groups excluding carboxylic acids is 1. The molecule has 0 aromatic rings. The lowest BCUT2D eigenvalue weighted by molar-refractivity contribution is -0.135. The van der Waals surface area contributed by atoms with E-state index < -0.39 is 0 Å².